The van der Waals surface area contributed by atoms with Crippen LogP contribution in [0.15, 0.2) is 30.4 Å². The average Bonchev–Trinajstić information content (AvgIpc) is 2.83. The van der Waals surface area contributed by atoms with Gasteiger partial charge in [0.1, 0.15) is 0 Å². The number of unbranched alkanes of at least 4 members (excludes halogenated alkanes) is 4. The van der Waals surface area contributed by atoms with Gasteiger partial charge in [-0.1, -0.05) is 75.8 Å². The van der Waals surface area contributed by atoms with Gasteiger partial charge in [-0.3, -0.25) is 0 Å². The molecule has 0 radical (unpaired) electrons. The van der Waals surface area contributed by atoms with E-state index >= 15 is 0 Å². The number of fused-ring (bicyclic) bond motifs is 2. The first-order chi connectivity index (χ1) is 15.8. The molecule has 1 aromatic rings. The van der Waals surface area contributed by atoms with Crippen LogP contribution in [-0.4, -0.2) is 12.7 Å². The van der Waals surface area contributed by atoms with E-state index in [0.717, 1.165) is 30.3 Å². The molecule has 2 saturated carbocycles. The molecule has 32 heavy (non-hydrogen) atoms. The molecule has 5 atom stereocenters. The summed E-state index contributed by atoms with van der Waals surface area (Å²) in [5.41, 5.74) is 5.02. The quantitative estimate of drug-likeness (QED) is 0.263. The summed E-state index contributed by atoms with van der Waals surface area (Å²) in [4.78, 5) is 0. The van der Waals surface area contributed by atoms with Crippen LogP contribution in [-0.2, 0) is 17.6 Å². The lowest BCUT2D eigenvalue weighted by molar-refractivity contribution is -0.00320. The highest BCUT2D eigenvalue weighted by atomic mass is 16.5. The van der Waals surface area contributed by atoms with E-state index in [0.29, 0.717) is 6.10 Å². The fourth-order valence-corrected chi connectivity index (χ4v) is 6.98. The lowest BCUT2D eigenvalue weighted by Crippen LogP contribution is -2.33. The Labute approximate surface area is 198 Å². The number of hydrogen-bond donors (Lipinski definition) is 0. The fourth-order valence-electron chi connectivity index (χ4n) is 6.98. The Morgan fingerprint density at radius 1 is 0.906 bits per heavy atom. The van der Waals surface area contributed by atoms with Crippen LogP contribution in [0.5, 0.6) is 0 Å². The lowest BCUT2D eigenvalue weighted by Gasteiger charge is -2.42. The van der Waals surface area contributed by atoms with Gasteiger partial charge in [0.2, 0.25) is 0 Å². The monoisotopic (exact) mass is 436 g/mol. The number of rotatable bonds is 10. The van der Waals surface area contributed by atoms with E-state index in [9.17, 15) is 0 Å². The molecule has 178 valence electrons. The van der Waals surface area contributed by atoms with Crippen molar-refractivity contribution in [3.05, 3.63) is 47.0 Å². The van der Waals surface area contributed by atoms with E-state index < -0.39 is 0 Å². The van der Waals surface area contributed by atoms with Gasteiger partial charge in [-0.2, -0.15) is 0 Å². The van der Waals surface area contributed by atoms with Gasteiger partial charge in [-0.15, -0.1) is 0 Å². The number of benzene rings is 1. The van der Waals surface area contributed by atoms with E-state index in [2.05, 4.69) is 44.2 Å². The maximum absolute atomic E-state index is 6.11. The second kappa shape index (κ2) is 12.4. The minimum Gasteiger partial charge on any atom is -0.374 e. The predicted molar refractivity (Wildman–Crippen MR) is 137 cm³/mol. The first-order valence-corrected chi connectivity index (χ1v) is 14.1. The minimum absolute atomic E-state index is 0.507. The first-order valence-electron chi connectivity index (χ1n) is 14.1. The van der Waals surface area contributed by atoms with Crippen LogP contribution in [0.25, 0.3) is 0 Å². The van der Waals surface area contributed by atoms with E-state index in [1.807, 2.05) is 0 Å². The Morgan fingerprint density at radius 3 is 2.62 bits per heavy atom. The molecule has 0 aromatic heterocycles. The van der Waals surface area contributed by atoms with Crippen molar-refractivity contribution in [1.82, 2.24) is 0 Å². The number of ether oxygens (including phenoxy) is 1. The van der Waals surface area contributed by atoms with E-state index in [1.54, 1.807) is 16.7 Å². The fraction of sp³-hybridized carbons (Fsp3) is 0.742. The summed E-state index contributed by atoms with van der Waals surface area (Å²) in [7, 11) is 0. The Bertz CT molecular complexity index is 719. The van der Waals surface area contributed by atoms with Crippen LogP contribution < -0.4 is 0 Å². The normalized spacial score (nSPS) is 30.2. The summed E-state index contributed by atoms with van der Waals surface area (Å²) in [5.74, 6) is 3.59. The molecule has 3 aliphatic carbocycles. The van der Waals surface area contributed by atoms with Crippen molar-refractivity contribution in [2.45, 2.75) is 122 Å². The SMILES string of the molecule is C/C=C/COC1CCC2CC(c3ccc4c(c3)CCC(CCCCCCC)C4)CCC2C1. The van der Waals surface area contributed by atoms with E-state index in [-0.39, 0.29) is 0 Å². The molecule has 0 bridgehead atoms. The Hall–Kier alpha value is -1.08. The number of aryl methyl sites for hydroxylation is 1. The summed E-state index contributed by atoms with van der Waals surface area (Å²) < 4.78 is 6.11. The highest BCUT2D eigenvalue weighted by molar-refractivity contribution is 5.36. The van der Waals surface area contributed by atoms with Gasteiger partial charge >= 0.3 is 0 Å². The zero-order valence-electron chi connectivity index (χ0n) is 21.0. The van der Waals surface area contributed by atoms with E-state index in [1.165, 1.54) is 96.3 Å². The zero-order valence-corrected chi connectivity index (χ0v) is 21.0. The van der Waals surface area contributed by atoms with Crippen LogP contribution in [0.3, 0.4) is 0 Å². The maximum atomic E-state index is 6.11. The number of hydrogen-bond acceptors (Lipinski definition) is 1. The van der Waals surface area contributed by atoms with Crippen LogP contribution in [0, 0.1) is 17.8 Å². The molecule has 0 spiro atoms. The van der Waals surface area contributed by atoms with Crippen molar-refractivity contribution in [1.29, 1.82) is 0 Å². The van der Waals surface area contributed by atoms with Gasteiger partial charge in [0.25, 0.3) is 0 Å². The number of allylic oxidation sites excluding steroid dienone is 1. The third-order valence-electron chi connectivity index (χ3n) is 8.98. The Balaban J connectivity index is 1.26. The van der Waals surface area contributed by atoms with Crippen LogP contribution in [0.4, 0.5) is 0 Å². The average molecular weight is 437 g/mol. The summed E-state index contributed by atoms with van der Waals surface area (Å²) in [6, 6.07) is 7.66. The van der Waals surface area contributed by atoms with Crippen molar-refractivity contribution in [3.8, 4) is 0 Å². The lowest BCUT2D eigenvalue weighted by atomic mass is 9.65. The van der Waals surface area contributed by atoms with Crippen LogP contribution in [0.2, 0.25) is 0 Å². The highest BCUT2D eigenvalue weighted by Crippen LogP contribution is 2.47. The molecule has 2 fully saturated rings. The Kier molecular flexibility index (Phi) is 9.32. The summed E-state index contributed by atoms with van der Waals surface area (Å²) >= 11 is 0. The molecule has 1 heteroatoms. The molecule has 0 aliphatic heterocycles. The molecular formula is C31H48O. The van der Waals surface area contributed by atoms with Crippen molar-refractivity contribution in [2.24, 2.45) is 17.8 Å². The highest BCUT2D eigenvalue weighted by Gasteiger charge is 2.36. The summed E-state index contributed by atoms with van der Waals surface area (Å²) in [6.45, 7) is 5.19. The van der Waals surface area contributed by atoms with Crippen molar-refractivity contribution in [2.75, 3.05) is 6.61 Å². The largest absolute Gasteiger partial charge is 0.374 e. The molecule has 4 rings (SSSR count). The zero-order chi connectivity index (χ0) is 22.2. The second-order valence-corrected chi connectivity index (χ2v) is 11.2. The van der Waals surface area contributed by atoms with Crippen molar-refractivity contribution in [3.63, 3.8) is 0 Å². The van der Waals surface area contributed by atoms with Gasteiger partial charge in [0.15, 0.2) is 0 Å². The third-order valence-corrected chi connectivity index (χ3v) is 8.98. The summed E-state index contributed by atoms with van der Waals surface area (Å²) in [5, 5.41) is 0. The molecule has 0 amide bonds. The topological polar surface area (TPSA) is 9.23 Å². The van der Waals surface area contributed by atoms with Crippen molar-refractivity contribution < 1.29 is 4.74 Å². The van der Waals surface area contributed by atoms with Gasteiger partial charge in [0.05, 0.1) is 12.7 Å². The molecule has 1 nitrogen and oxygen atoms in total. The smallest absolute Gasteiger partial charge is 0.0651 e. The molecule has 0 saturated heterocycles. The molecule has 5 unspecified atom stereocenters. The van der Waals surface area contributed by atoms with Crippen LogP contribution in [0.1, 0.15) is 120 Å². The first kappa shape index (κ1) is 24.1. The molecule has 0 heterocycles. The Morgan fingerprint density at radius 2 is 1.75 bits per heavy atom. The maximum Gasteiger partial charge on any atom is 0.0651 e. The van der Waals surface area contributed by atoms with Gasteiger partial charge in [-0.25, -0.2) is 0 Å². The van der Waals surface area contributed by atoms with Crippen LogP contribution >= 0.6 is 0 Å². The molecule has 3 aliphatic rings. The van der Waals surface area contributed by atoms with Gasteiger partial charge < -0.3 is 4.74 Å². The molecule has 0 N–H and O–H groups in total. The van der Waals surface area contributed by atoms with Crippen molar-refractivity contribution >= 4 is 0 Å². The third kappa shape index (κ3) is 6.49. The standard InChI is InChI=1S/C31H48O/c1-3-5-7-8-9-10-24-11-12-26-21-27(14-13-25(26)20-24)28-15-16-30-23-31(32-19-6-4-2)18-17-29(30)22-28/h4,6,13-14,21,24,28-31H,3,5,7-12,15-20,22-23H2,1-2H3/b6-4+. The summed E-state index contributed by atoms with van der Waals surface area (Å²) in [6.07, 6.45) is 25.6. The van der Waals surface area contributed by atoms with Gasteiger partial charge in [0, 0.05) is 0 Å². The molecule has 1 aromatic carbocycles. The van der Waals surface area contributed by atoms with Gasteiger partial charge in [-0.05, 0) is 105 Å². The minimum atomic E-state index is 0.507. The predicted octanol–water partition coefficient (Wildman–Crippen LogP) is 8.80. The second-order valence-electron chi connectivity index (χ2n) is 11.2. The molecular weight excluding hydrogens is 388 g/mol. The van der Waals surface area contributed by atoms with E-state index in [4.69, 9.17) is 4.74 Å².